The van der Waals surface area contributed by atoms with Gasteiger partial charge in [-0.25, -0.2) is 0 Å². The normalized spacial score (nSPS) is 25.3. The highest BCUT2D eigenvalue weighted by Crippen LogP contribution is 2.20. The number of hydrogen-bond donors (Lipinski definition) is 2. The Morgan fingerprint density at radius 3 is 2.64 bits per heavy atom. The Bertz CT molecular complexity index is 260. The maximum atomic E-state index is 11.3. The van der Waals surface area contributed by atoms with Gasteiger partial charge in [0.05, 0.1) is 6.67 Å². The second-order valence-corrected chi connectivity index (χ2v) is 3.34. The molecular weight excluding hydrogens is 178 g/mol. The van der Waals surface area contributed by atoms with Crippen molar-refractivity contribution in [2.75, 3.05) is 20.3 Å². The van der Waals surface area contributed by atoms with Crippen LogP contribution < -0.4 is 10.6 Å². The van der Waals surface area contributed by atoms with Crippen LogP contribution >= 0.6 is 0 Å². The van der Waals surface area contributed by atoms with E-state index in [1.807, 2.05) is 25.8 Å². The van der Waals surface area contributed by atoms with E-state index in [9.17, 15) is 4.79 Å². The average molecular weight is 197 g/mol. The number of amides is 1. The van der Waals surface area contributed by atoms with Crippen molar-refractivity contribution in [3.05, 3.63) is 11.3 Å². The molecule has 4 heteroatoms. The minimum atomic E-state index is 0.0702. The molecule has 2 aliphatic rings. The highest BCUT2D eigenvalue weighted by molar-refractivity contribution is 5.96. The predicted octanol–water partition coefficient (Wildman–Crippen LogP) is 0.277. The SMILES string of the molecule is CC.CC1NCN(C)C2=C1CNC2=O. The van der Waals surface area contributed by atoms with E-state index in [1.54, 1.807) is 0 Å². The first-order chi connectivity index (χ1) is 6.70. The van der Waals surface area contributed by atoms with Gasteiger partial charge in [-0.3, -0.25) is 10.1 Å². The van der Waals surface area contributed by atoms with Crippen molar-refractivity contribution in [1.82, 2.24) is 15.5 Å². The third-order valence-corrected chi connectivity index (χ3v) is 2.50. The molecule has 1 unspecified atom stereocenters. The van der Waals surface area contributed by atoms with E-state index >= 15 is 0 Å². The molecule has 0 radical (unpaired) electrons. The summed E-state index contributed by atoms with van der Waals surface area (Å²) in [5.74, 6) is 0.0702. The number of nitrogens with zero attached hydrogens (tertiary/aromatic N) is 1. The summed E-state index contributed by atoms with van der Waals surface area (Å²) in [5.41, 5.74) is 2.05. The summed E-state index contributed by atoms with van der Waals surface area (Å²) in [6, 6.07) is 0.329. The van der Waals surface area contributed by atoms with Gasteiger partial charge in [0.2, 0.25) is 0 Å². The number of carbonyl (C=O) groups is 1. The van der Waals surface area contributed by atoms with Crippen LogP contribution in [0.1, 0.15) is 20.8 Å². The van der Waals surface area contributed by atoms with Gasteiger partial charge in [0, 0.05) is 19.6 Å². The van der Waals surface area contributed by atoms with E-state index in [4.69, 9.17) is 0 Å². The van der Waals surface area contributed by atoms with Crippen molar-refractivity contribution in [3.8, 4) is 0 Å². The van der Waals surface area contributed by atoms with Crippen LogP contribution in [0.4, 0.5) is 0 Å². The molecular formula is C10H19N3O. The zero-order chi connectivity index (χ0) is 10.7. The van der Waals surface area contributed by atoms with Crippen LogP contribution in [-0.4, -0.2) is 37.1 Å². The van der Waals surface area contributed by atoms with E-state index in [1.165, 1.54) is 5.57 Å². The predicted molar refractivity (Wildman–Crippen MR) is 56.6 cm³/mol. The Hall–Kier alpha value is -1.03. The summed E-state index contributed by atoms with van der Waals surface area (Å²) < 4.78 is 0. The van der Waals surface area contributed by atoms with Crippen LogP contribution in [0.25, 0.3) is 0 Å². The lowest BCUT2D eigenvalue weighted by Gasteiger charge is -2.30. The Labute approximate surface area is 85.3 Å². The molecule has 0 aromatic heterocycles. The monoisotopic (exact) mass is 197 g/mol. The highest BCUT2D eigenvalue weighted by Gasteiger charge is 2.31. The fourth-order valence-electron chi connectivity index (χ4n) is 1.74. The lowest BCUT2D eigenvalue weighted by atomic mass is 10.1. The Morgan fingerprint density at radius 1 is 1.43 bits per heavy atom. The van der Waals surface area contributed by atoms with Crippen molar-refractivity contribution in [2.24, 2.45) is 0 Å². The minimum absolute atomic E-state index is 0.0702. The summed E-state index contributed by atoms with van der Waals surface area (Å²) >= 11 is 0. The Kier molecular flexibility index (Phi) is 3.52. The number of hydrogen-bond acceptors (Lipinski definition) is 3. The van der Waals surface area contributed by atoms with Gasteiger partial charge in [-0.15, -0.1) is 0 Å². The topological polar surface area (TPSA) is 44.4 Å². The van der Waals surface area contributed by atoms with Crippen LogP contribution in [0, 0.1) is 0 Å². The van der Waals surface area contributed by atoms with E-state index in [0.29, 0.717) is 12.6 Å². The first-order valence-corrected chi connectivity index (χ1v) is 5.16. The molecule has 2 rings (SSSR count). The Morgan fingerprint density at radius 2 is 2.07 bits per heavy atom. The summed E-state index contributed by atoms with van der Waals surface area (Å²) in [5, 5.41) is 6.13. The van der Waals surface area contributed by atoms with Gasteiger partial charge >= 0.3 is 0 Å². The summed E-state index contributed by atoms with van der Waals surface area (Å²) in [4.78, 5) is 13.3. The largest absolute Gasteiger partial charge is 0.357 e. The van der Waals surface area contributed by atoms with Crippen molar-refractivity contribution in [2.45, 2.75) is 26.8 Å². The van der Waals surface area contributed by atoms with Crippen molar-refractivity contribution < 1.29 is 4.79 Å². The zero-order valence-corrected chi connectivity index (χ0v) is 9.35. The minimum Gasteiger partial charge on any atom is -0.357 e. The molecule has 2 N–H and O–H groups in total. The lowest BCUT2D eigenvalue weighted by Crippen LogP contribution is -2.44. The van der Waals surface area contributed by atoms with Gasteiger partial charge in [-0.1, -0.05) is 13.8 Å². The molecule has 80 valence electrons. The van der Waals surface area contributed by atoms with Crippen LogP contribution in [0.2, 0.25) is 0 Å². The molecule has 0 aliphatic carbocycles. The second kappa shape index (κ2) is 4.46. The summed E-state index contributed by atoms with van der Waals surface area (Å²) in [7, 11) is 1.93. The molecule has 1 amide bonds. The third kappa shape index (κ3) is 1.75. The number of nitrogens with one attached hydrogen (secondary N) is 2. The Balaban J connectivity index is 0.000000461. The van der Waals surface area contributed by atoms with Crippen LogP contribution in [0.3, 0.4) is 0 Å². The molecule has 1 atom stereocenters. The number of carbonyl (C=O) groups excluding carboxylic acids is 1. The molecule has 0 saturated carbocycles. The van der Waals surface area contributed by atoms with Crippen molar-refractivity contribution in [3.63, 3.8) is 0 Å². The molecule has 0 bridgehead atoms. The summed E-state index contributed by atoms with van der Waals surface area (Å²) in [6.45, 7) is 7.54. The van der Waals surface area contributed by atoms with E-state index in [0.717, 1.165) is 12.4 Å². The van der Waals surface area contributed by atoms with Crippen molar-refractivity contribution >= 4 is 5.91 Å². The quantitative estimate of drug-likeness (QED) is 0.586. The molecule has 2 heterocycles. The van der Waals surface area contributed by atoms with E-state index in [2.05, 4.69) is 17.6 Å². The first kappa shape index (κ1) is 11.0. The van der Waals surface area contributed by atoms with Gasteiger partial charge in [0.25, 0.3) is 5.91 Å². The van der Waals surface area contributed by atoms with E-state index < -0.39 is 0 Å². The first-order valence-electron chi connectivity index (χ1n) is 5.16. The second-order valence-electron chi connectivity index (χ2n) is 3.34. The third-order valence-electron chi connectivity index (χ3n) is 2.50. The molecule has 0 aromatic carbocycles. The lowest BCUT2D eigenvalue weighted by molar-refractivity contribution is -0.118. The van der Waals surface area contributed by atoms with Crippen LogP contribution in [-0.2, 0) is 4.79 Å². The zero-order valence-electron chi connectivity index (χ0n) is 9.35. The molecule has 4 nitrogen and oxygen atoms in total. The molecule has 0 spiro atoms. The summed E-state index contributed by atoms with van der Waals surface area (Å²) in [6.07, 6.45) is 0. The van der Waals surface area contributed by atoms with Crippen LogP contribution in [0.5, 0.6) is 0 Å². The van der Waals surface area contributed by atoms with Gasteiger partial charge in [-0.2, -0.15) is 0 Å². The average Bonchev–Trinajstić information content (AvgIpc) is 2.59. The van der Waals surface area contributed by atoms with Gasteiger partial charge in [-0.05, 0) is 12.5 Å². The van der Waals surface area contributed by atoms with Gasteiger partial charge in [0.1, 0.15) is 5.70 Å². The molecule has 0 saturated heterocycles. The van der Waals surface area contributed by atoms with Crippen LogP contribution in [0.15, 0.2) is 11.3 Å². The molecule has 0 aromatic rings. The fourth-order valence-corrected chi connectivity index (χ4v) is 1.74. The maximum absolute atomic E-state index is 11.3. The molecule has 2 aliphatic heterocycles. The number of rotatable bonds is 0. The van der Waals surface area contributed by atoms with Gasteiger partial charge in [0.15, 0.2) is 0 Å². The fraction of sp³-hybridized carbons (Fsp3) is 0.700. The van der Waals surface area contributed by atoms with E-state index in [-0.39, 0.29) is 5.91 Å². The highest BCUT2D eigenvalue weighted by atomic mass is 16.2. The maximum Gasteiger partial charge on any atom is 0.267 e. The van der Waals surface area contributed by atoms with Crippen molar-refractivity contribution in [1.29, 1.82) is 0 Å². The molecule has 14 heavy (non-hydrogen) atoms. The van der Waals surface area contributed by atoms with Gasteiger partial charge < -0.3 is 10.2 Å². The number of likely N-dealkylation sites (N-methyl/N-ethyl adjacent to an activating group) is 1. The molecule has 0 fully saturated rings. The smallest absolute Gasteiger partial charge is 0.267 e. The standard InChI is InChI=1S/C8H13N3O.C2H6/c1-5-6-3-9-8(12)7(6)11(2)4-10-5;1-2/h5,10H,3-4H2,1-2H3,(H,9,12);1-2H3.